The molecule has 6 nitrogen and oxygen atoms in total. The normalized spacial score (nSPS) is 17.0. The van der Waals surface area contributed by atoms with Gasteiger partial charge in [-0.2, -0.15) is 0 Å². The molecule has 0 aliphatic carbocycles. The third-order valence-corrected chi connectivity index (χ3v) is 4.74. The minimum atomic E-state index is -0.402. The third kappa shape index (κ3) is 4.00. The molecule has 140 valence electrons. The van der Waals surface area contributed by atoms with Crippen LogP contribution in [0.5, 0.6) is 0 Å². The predicted molar refractivity (Wildman–Crippen MR) is 101 cm³/mol. The van der Waals surface area contributed by atoms with E-state index >= 15 is 0 Å². The highest BCUT2D eigenvalue weighted by molar-refractivity contribution is 5.98. The van der Waals surface area contributed by atoms with Crippen LogP contribution in [0.2, 0.25) is 0 Å². The smallest absolute Gasteiger partial charge is 0.338 e. The van der Waals surface area contributed by atoms with Gasteiger partial charge in [-0.25, -0.2) is 4.79 Å². The first-order chi connectivity index (χ1) is 13.0. The van der Waals surface area contributed by atoms with Crippen LogP contribution in [0.4, 0.5) is 0 Å². The summed E-state index contributed by atoms with van der Waals surface area (Å²) in [5, 5.41) is 2.81. The summed E-state index contributed by atoms with van der Waals surface area (Å²) < 4.78 is 4.84. The summed E-state index contributed by atoms with van der Waals surface area (Å²) >= 11 is 0. The SMILES string of the molecule is COC(=O)c1ccccc1-c1ccc(C(=O)N2CCC(=O)NC[C@H]2C)cc1. The van der Waals surface area contributed by atoms with Crippen molar-refractivity contribution in [1.29, 1.82) is 0 Å². The molecule has 0 bridgehead atoms. The number of nitrogens with zero attached hydrogens (tertiary/aromatic N) is 1. The van der Waals surface area contributed by atoms with Crippen LogP contribution in [0.1, 0.15) is 34.1 Å². The number of nitrogens with one attached hydrogen (secondary N) is 1. The standard InChI is InChI=1S/C21H22N2O4/c1-14-13-22-19(24)11-12-23(14)20(25)16-9-7-15(8-10-16)17-5-3-4-6-18(17)21(26)27-2/h3-10,14H,11-13H2,1-2H3,(H,22,24)/t14-/m1/s1. The Morgan fingerprint density at radius 3 is 2.52 bits per heavy atom. The number of amides is 2. The van der Waals surface area contributed by atoms with Crippen LogP contribution < -0.4 is 5.32 Å². The van der Waals surface area contributed by atoms with Gasteiger partial charge in [0.1, 0.15) is 0 Å². The molecular weight excluding hydrogens is 344 g/mol. The Bertz CT molecular complexity index is 861. The summed E-state index contributed by atoms with van der Waals surface area (Å²) in [6, 6.07) is 14.3. The summed E-state index contributed by atoms with van der Waals surface area (Å²) in [6.07, 6.45) is 0.306. The van der Waals surface area contributed by atoms with E-state index < -0.39 is 5.97 Å². The number of hydrogen-bond donors (Lipinski definition) is 1. The van der Waals surface area contributed by atoms with Crippen LogP contribution >= 0.6 is 0 Å². The highest BCUT2D eigenvalue weighted by Gasteiger charge is 2.25. The van der Waals surface area contributed by atoms with Crippen LogP contribution in [0.3, 0.4) is 0 Å². The summed E-state index contributed by atoms with van der Waals surface area (Å²) in [5.41, 5.74) is 2.61. The number of ether oxygens (including phenoxy) is 1. The van der Waals surface area contributed by atoms with E-state index in [-0.39, 0.29) is 17.9 Å². The maximum absolute atomic E-state index is 12.9. The van der Waals surface area contributed by atoms with Gasteiger partial charge in [0, 0.05) is 31.1 Å². The van der Waals surface area contributed by atoms with Crippen molar-refractivity contribution in [3.8, 4) is 11.1 Å². The average Bonchev–Trinajstić information content (AvgIpc) is 2.88. The Kier molecular flexibility index (Phi) is 5.54. The van der Waals surface area contributed by atoms with E-state index in [2.05, 4.69) is 5.32 Å². The molecule has 2 aromatic carbocycles. The second-order valence-electron chi connectivity index (χ2n) is 6.52. The van der Waals surface area contributed by atoms with E-state index in [1.807, 2.05) is 31.2 Å². The molecule has 2 amide bonds. The molecule has 1 saturated heterocycles. The molecule has 0 saturated carbocycles. The van der Waals surface area contributed by atoms with Crippen LogP contribution in [-0.4, -0.2) is 48.9 Å². The maximum atomic E-state index is 12.9. The molecule has 1 atom stereocenters. The van der Waals surface area contributed by atoms with Gasteiger partial charge in [-0.1, -0.05) is 30.3 Å². The predicted octanol–water partition coefficient (Wildman–Crippen LogP) is 2.49. The molecule has 0 aromatic heterocycles. The zero-order valence-electron chi connectivity index (χ0n) is 15.4. The fourth-order valence-corrected chi connectivity index (χ4v) is 3.19. The van der Waals surface area contributed by atoms with Crippen LogP contribution in [0.15, 0.2) is 48.5 Å². The molecule has 3 rings (SSSR count). The zero-order chi connectivity index (χ0) is 19.4. The molecular formula is C21H22N2O4. The van der Waals surface area contributed by atoms with Crippen molar-refractivity contribution >= 4 is 17.8 Å². The first-order valence-corrected chi connectivity index (χ1v) is 8.86. The van der Waals surface area contributed by atoms with Gasteiger partial charge < -0.3 is 15.0 Å². The number of benzene rings is 2. The fourth-order valence-electron chi connectivity index (χ4n) is 3.19. The Hall–Kier alpha value is -3.15. The molecule has 1 aliphatic heterocycles. The highest BCUT2D eigenvalue weighted by Crippen LogP contribution is 2.25. The van der Waals surface area contributed by atoms with Gasteiger partial charge in [-0.3, -0.25) is 9.59 Å². The average molecular weight is 366 g/mol. The molecule has 0 unspecified atom stereocenters. The van der Waals surface area contributed by atoms with E-state index in [9.17, 15) is 14.4 Å². The number of esters is 1. The number of carbonyl (C=O) groups is 3. The van der Waals surface area contributed by atoms with Crippen molar-refractivity contribution in [2.24, 2.45) is 0 Å². The Balaban J connectivity index is 1.85. The minimum absolute atomic E-state index is 0.0353. The van der Waals surface area contributed by atoms with Gasteiger partial charge in [0.05, 0.1) is 12.7 Å². The molecule has 2 aromatic rings. The van der Waals surface area contributed by atoms with Gasteiger partial charge in [0.15, 0.2) is 0 Å². The topological polar surface area (TPSA) is 75.7 Å². The van der Waals surface area contributed by atoms with Crippen LogP contribution in [0.25, 0.3) is 11.1 Å². The lowest BCUT2D eigenvalue weighted by atomic mass is 9.98. The Morgan fingerprint density at radius 2 is 1.81 bits per heavy atom. The molecule has 1 heterocycles. The second-order valence-corrected chi connectivity index (χ2v) is 6.52. The van der Waals surface area contributed by atoms with Gasteiger partial charge >= 0.3 is 5.97 Å². The Labute approximate surface area is 158 Å². The molecule has 27 heavy (non-hydrogen) atoms. The third-order valence-electron chi connectivity index (χ3n) is 4.74. The number of hydrogen-bond acceptors (Lipinski definition) is 4. The lowest BCUT2D eigenvalue weighted by Gasteiger charge is -2.26. The number of carbonyl (C=O) groups excluding carboxylic acids is 3. The van der Waals surface area contributed by atoms with E-state index in [1.165, 1.54) is 7.11 Å². The lowest BCUT2D eigenvalue weighted by molar-refractivity contribution is -0.120. The highest BCUT2D eigenvalue weighted by atomic mass is 16.5. The fraction of sp³-hybridized carbons (Fsp3) is 0.286. The van der Waals surface area contributed by atoms with E-state index in [0.717, 1.165) is 11.1 Å². The van der Waals surface area contributed by atoms with Crippen molar-refractivity contribution < 1.29 is 19.1 Å². The molecule has 1 N–H and O–H groups in total. The van der Waals surface area contributed by atoms with Crippen molar-refractivity contribution in [2.75, 3.05) is 20.2 Å². The van der Waals surface area contributed by atoms with E-state index in [1.54, 1.807) is 29.2 Å². The van der Waals surface area contributed by atoms with Crippen molar-refractivity contribution in [3.05, 3.63) is 59.7 Å². The van der Waals surface area contributed by atoms with Crippen LogP contribution in [-0.2, 0) is 9.53 Å². The minimum Gasteiger partial charge on any atom is -0.465 e. The van der Waals surface area contributed by atoms with Crippen molar-refractivity contribution in [1.82, 2.24) is 10.2 Å². The quantitative estimate of drug-likeness (QED) is 0.847. The Morgan fingerprint density at radius 1 is 1.11 bits per heavy atom. The summed E-state index contributed by atoms with van der Waals surface area (Å²) in [7, 11) is 1.35. The van der Waals surface area contributed by atoms with Crippen molar-refractivity contribution in [3.63, 3.8) is 0 Å². The summed E-state index contributed by atoms with van der Waals surface area (Å²) in [5.74, 6) is -0.542. The van der Waals surface area contributed by atoms with Gasteiger partial charge in [-0.05, 0) is 36.2 Å². The van der Waals surface area contributed by atoms with E-state index in [4.69, 9.17) is 4.74 Å². The number of methoxy groups -OCH3 is 1. The first-order valence-electron chi connectivity index (χ1n) is 8.86. The van der Waals surface area contributed by atoms with Crippen molar-refractivity contribution in [2.45, 2.75) is 19.4 Å². The van der Waals surface area contributed by atoms with Gasteiger partial charge in [-0.15, -0.1) is 0 Å². The summed E-state index contributed by atoms with van der Waals surface area (Å²) in [4.78, 5) is 38.1. The number of rotatable bonds is 3. The lowest BCUT2D eigenvalue weighted by Crippen LogP contribution is -2.41. The monoisotopic (exact) mass is 366 g/mol. The molecule has 0 spiro atoms. The zero-order valence-corrected chi connectivity index (χ0v) is 15.4. The molecule has 1 fully saturated rings. The first kappa shape index (κ1) is 18.6. The van der Waals surface area contributed by atoms with Gasteiger partial charge in [0.25, 0.3) is 5.91 Å². The largest absolute Gasteiger partial charge is 0.465 e. The maximum Gasteiger partial charge on any atom is 0.338 e. The van der Waals surface area contributed by atoms with Gasteiger partial charge in [0.2, 0.25) is 5.91 Å². The van der Waals surface area contributed by atoms with Crippen LogP contribution in [0, 0.1) is 0 Å². The van der Waals surface area contributed by atoms with E-state index in [0.29, 0.717) is 30.6 Å². The molecule has 1 aliphatic rings. The second kappa shape index (κ2) is 8.03. The molecule has 0 radical (unpaired) electrons. The molecule has 6 heteroatoms. The summed E-state index contributed by atoms with van der Waals surface area (Å²) in [6.45, 7) is 2.78.